The average Bonchev–Trinajstić information content (AvgIpc) is 3.06. The van der Waals surface area contributed by atoms with Crippen molar-refractivity contribution in [2.24, 2.45) is 0 Å². The SMILES string of the molecule is O=C1CCCN1CCn1ccnc1-c1ccncc1. The molecule has 3 heterocycles. The van der Waals surface area contributed by atoms with E-state index in [0.29, 0.717) is 6.42 Å². The van der Waals surface area contributed by atoms with Crippen molar-refractivity contribution in [1.82, 2.24) is 19.4 Å². The molecule has 19 heavy (non-hydrogen) atoms. The van der Waals surface area contributed by atoms with Gasteiger partial charge in [0.2, 0.25) is 5.91 Å². The van der Waals surface area contributed by atoms with Crippen LogP contribution in [0.25, 0.3) is 11.4 Å². The predicted octanol–water partition coefficient (Wildman–Crippen LogP) is 1.57. The van der Waals surface area contributed by atoms with Crippen LogP contribution in [0, 0.1) is 0 Å². The van der Waals surface area contributed by atoms with E-state index in [1.165, 1.54) is 0 Å². The molecule has 98 valence electrons. The smallest absolute Gasteiger partial charge is 0.222 e. The lowest BCUT2D eigenvalue weighted by atomic mass is 10.2. The number of imidazole rings is 1. The van der Waals surface area contributed by atoms with Gasteiger partial charge in [-0.05, 0) is 18.6 Å². The van der Waals surface area contributed by atoms with Crippen molar-refractivity contribution in [2.45, 2.75) is 19.4 Å². The van der Waals surface area contributed by atoms with Gasteiger partial charge in [-0.1, -0.05) is 0 Å². The minimum Gasteiger partial charge on any atom is -0.341 e. The molecule has 0 radical (unpaired) electrons. The monoisotopic (exact) mass is 256 g/mol. The molecular formula is C14H16N4O. The van der Waals surface area contributed by atoms with Gasteiger partial charge in [-0.3, -0.25) is 9.78 Å². The Balaban J connectivity index is 1.72. The number of amides is 1. The molecule has 0 saturated carbocycles. The van der Waals surface area contributed by atoms with E-state index in [4.69, 9.17) is 0 Å². The van der Waals surface area contributed by atoms with Gasteiger partial charge >= 0.3 is 0 Å². The van der Waals surface area contributed by atoms with Crippen molar-refractivity contribution in [1.29, 1.82) is 0 Å². The minimum absolute atomic E-state index is 0.269. The first-order valence-electron chi connectivity index (χ1n) is 6.54. The molecule has 2 aromatic rings. The molecule has 5 heteroatoms. The first-order chi connectivity index (χ1) is 9.34. The van der Waals surface area contributed by atoms with Crippen LogP contribution in [0.2, 0.25) is 0 Å². The lowest BCUT2D eigenvalue weighted by molar-refractivity contribution is -0.127. The Morgan fingerprint density at radius 3 is 2.74 bits per heavy atom. The highest BCUT2D eigenvalue weighted by atomic mass is 16.2. The average molecular weight is 256 g/mol. The Morgan fingerprint density at radius 2 is 2.00 bits per heavy atom. The van der Waals surface area contributed by atoms with Crippen LogP contribution < -0.4 is 0 Å². The standard InChI is InChI=1S/C14H16N4O/c19-13-2-1-8-17(13)10-11-18-9-7-16-14(18)12-3-5-15-6-4-12/h3-7,9H,1-2,8,10-11H2. The summed E-state index contributed by atoms with van der Waals surface area (Å²) in [5.74, 6) is 1.19. The van der Waals surface area contributed by atoms with Gasteiger partial charge in [-0.15, -0.1) is 0 Å². The molecule has 1 saturated heterocycles. The van der Waals surface area contributed by atoms with Crippen molar-refractivity contribution >= 4 is 5.91 Å². The van der Waals surface area contributed by atoms with Gasteiger partial charge < -0.3 is 9.47 Å². The van der Waals surface area contributed by atoms with Gasteiger partial charge in [0, 0.05) is 56.4 Å². The molecule has 0 atom stereocenters. The number of hydrogen-bond donors (Lipinski definition) is 0. The normalized spacial score (nSPS) is 15.2. The number of likely N-dealkylation sites (tertiary alicyclic amines) is 1. The van der Waals surface area contributed by atoms with Gasteiger partial charge in [0.25, 0.3) is 0 Å². The second kappa shape index (κ2) is 5.22. The van der Waals surface area contributed by atoms with Gasteiger partial charge in [-0.25, -0.2) is 4.98 Å². The molecule has 0 unspecified atom stereocenters. The van der Waals surface area contributed by atoms with E-state index in [0.717, 1.165) is 37.4 Å². The first-order valence-corrected chi connectivity index (χ1v) is 6.54. The third-order valence-corrected chi connectivity index (χ3v) is 3.44. The summed E-state index contributed by atoms with van der Waals surface area (Å²) >= 11 is 0. The van der Waals surface area contributed by atoms with Crippen LogP contribution in [0.15, 0.2) is 36.9 Å². The van der Waals surface area contributed by atoms with Crippen LogP contribution in [0.1, 0.15) is 12.8 Å². The topological polar surface area (TPSA) is 51.0 Å². The van der Waals surface area contributed by atoms with Crippen LogP contribution in [0.3, 0.4) is 0 Å². The van der Waals surface area contributed by atoms with E-state index in [2.05, 4.69) is 14.5 Å². The van der Waals surface area contributed by atoms with Crippen molar-refractivity contribution in [3.05, 3.63) is 36.9 Å². The molecule has 3 rings (SSSR count). The largest absolute Gasteiger partial charge is 0.341 e. The van der Waals surface area contributed by atoms with E-state index in [-0.39, 0.29) is 5.91 Å². The summed E-state index contributed by atoms with van der Waals surface area (Å²) in [6, 6.07) is 3.89. The molecule has 1 amide bonds. The molecule has 2 aromatic heterocycles. The minimum atomic E-state index is 0.269. The summed E-state index contributed by atoms with van der Waals surface area (Å²) in [6.45, 7) is 2.43. The molecule has 0 aliphatic carbocycles. The zero-order valence-corrected chi connectivity index (χ0v) is 10.7. The third-order valence-electron chi connectivity index (χ3n) is 3.44. The van der Waals surface area contributed by atoms with Gasteiger partial charge in [0.15, 0.2) is 0 Å². The number of hydrogen-bond acceptors (Lipinski definition) is 3. The maximum atomic E-state index is 11.6. The van der Waals surface area contributed by atoms with Crippen molar-refractivity contribution in [2.75, 3.05) is 13.1 Å². The first kappa shape index (κ1) is 11.9. The fourth-order valence-corrected chi connectivity index (χ4v) is 2.42. The number of aromatic nitrogens is 3. The van der Waals surface area contributed by atoms with Crippen LogP contribution in [-0.2, 0) is 11.3 Å². The molecule has 5 nitrogen and oxygen atoms in total. The van der Waals surface area contributed by atoms with Crippen molar-refractivity contribution < 1.29 is 4.79 Å². The number of carbonyl (C=O) groups is 1. The molecule has 1 fully saturated rings. The summed E-state index contributed by atoms with van der Waals surface area (Å²) in [4.78, 5) is 21.9. The summed E-state index contributed by atoms with van der Waals surface area (Å²) in [5, 5.41) is 0. The Labute approximate surface area is 111 Å². The Bertz CT molecular complexity index is 564. The van der Waals surface area contributed by atoms with E-state index in [1.54, 1.807) is 18.6 Å². The van der Waals surface area contributed by atoms with E-state index in [9.17, 15) is 4.79 Å². The van der Waals surface area contributed by atoms with Crippen LogP contribution >= 0.6 is 0 Å². The maximum absolute atomic E-state index is 11.6. The lowest BCUT2D eigenvalue weighted by Gasteiger charge is -2.16. The fourth-order valence-electron chi connectivity index (χ4n) is 2.42. The summed E-state index contributed by atoms with van der Waals surface area (Å²) in [5.41, 5.74) is 1.05. The number of pyridine rings is 1. The zero-order chi connectivity index (χ0) is 13.1. The number of rotatable bonds is 4. The summed E-state index contributed by atoms with van der Waals surface area (Å²) in [6.07, 6.45) is 8.95. The molecule has 0 bridgehead atoms. The number of carbonyl (C=O) groups excluding carboxylic acids is 1. The Kier molecular flexibility index (Phi) is 3.27. The summed E-state index contributed by atoms with van der Waals surface area (Å²) < 4.78 is 2.08. The molecule has 0 spiro atoms. The Hall–Kier alpha value is -2.17. The quantitative estimate of drug-likeness (QED) is 0.834. The molecule has 1 aliphatic rings. The Morgan fingerprint density at radius 1 is 1.16 bits per heavy atom. The molecule has 0 aromatic carbocycles. The number of nitrogens with zero attached hydrogens (tertiary/aromatic N) is 4. The highest BCUT2D eigenvalue weighted by Crippen LogP contribution is 2.16. The van der Waals surface area contributed by atoms with Gasteiger partial charge in [0.05, 0.1) is 0 Å². The fraction of sp³-hybridized carbons (Fsp3) is 0.357. The molecule has 0 N–H and O–H groups in total. The second-order valence-corrected chi connectivity index (χ2v) is 4.66. The molecule has 1 aliphatic heterocycles. The van der Waals surface area contributed by atoms with Crippen molar-refractivity contribution in [3.63, 3.8) is 0 Å². The predicted molar refractivity (Wildman–Crippen MR) is 71.3 cm³/mol. The van der Waals surface area contributed by atoms with Crippen molar-refractivity contribution in [3.8, 4) is 11.4 Å². The third kappa shape index (κ3) is 2.50. The highest BCUT2D eigenvalue weighted by Gasteiger charge is 2.19. The van der Waals surface area contributed by atoms with Crippen LogP contribution in [-0.4, -0.2) is 38.4 Å². The van der Waals surface area contributed by atoms with Crippen LogP contribution in [0.5, 0.6) is 0 Å². The zero-order valence-electron chi connectivity index (χ0n) is 10.7. The second-order valence-electron chi connectivity index (χ2n) is 4.66. The van der Waals surface area contributed by atoms with Crippen LogP contribution in [0.4, 0.5) is 0 Å². The van der Waals surface area contributed by atoms with E-state index in [1.807, 2.05) is 23.2 Å². The van der Waals surface area contributed by atoms with Gasteiger partial charge in [0.1, 0.15) is 5.82 Å². The highest BCUT2D eigenvalue weighted by molar-refractivity contribution is 5.78. The molecular weight excluding hydrogens is 240 g/mol. The maximum Gasteiger partial charge on any atom is 0.222 e. The van der Waals surface area contributed by atoms with E-state index < -0.39 is 0 Å². The lowest BCUT2D eigenvalue weighted by Crippen LogP contribution is -2.28. The summed E-state index contributed by atoms with van der Waals surface area (Å²) in [7, 11) is 0. The van der Waals surface area contributed by atoms with E-state index >= 15 is 0 Å². The van der Waals surface area contributed by atoms with Gasteiger partial charge in [-0.2, -0.15) is 0 Å².